The molecule has 0 spiro atoms. The van der Waals surface area contributed by atoms with E-state index in [1.807, 2.05) is 28.8 Å². The van der Waals surface area contributed by atoms with Crippen molar-refractivity contribution in [3.8, 4) is 0 Å². The lowest BCUT2D eigenvalue weighted by Crippen LogP contribution is -2.14. The minimum absolute atomic E-state index is 0.0819. The summed E-state index contributed by atoms with van der Waals surface area (Å²) in [6.45, 7) is 1.53. The van der Waals surface area contributed by atoms with Crippen LogP contribution in [0, 0.1) is 6.92 Å². The summed E-state index contributed by atoms with van der Waals surface area (Å²) in [5.41, 5.74) is 1.78. The third-order valence-corrected chi connectivity index (χ3v) is 4.45. The topological polar surface area (TPSA) is 85.1 Å². The van der Waals surface area contributed by atoms with Crippen molar-refractivity contribution in [2.45, 2.75) is 19.8 Å². The summed E-state index contributed by atoms with van der Waals surface area (Å²) < 4.78 is 27.4. The van der Waals surface area contributed by atoms with Crippen LogP contribution in [0.3, 0.4) is 0 Å². The molecule has 0 radical (unpaired) electrons. The number of benzene rings is 1. The molecule has 0 aliphatic rings. The summed E-state index contributed by atoms with van der Waals surface area (Å²) in [7, 11) is 0. The second kappa shape index (κ2) is 7.70. The number of halogens is 2. The number of anilines is 1. The molecule has 0 saturated carbocycles. The van der Waals surface area contributed by atoms with Crippen molar-refractivity contribution in [2.24, 2.45) is 0 Å². The molecule has 0 aliphatic carbocycles. The van der Waals surface area contributed by atoms with E-state index in [1.54, 1.807) is 18.3 Å². The average molecular weight is 394 g/mol. The predicted molar refractivity (Wildman–Crippen MR) is 102 cm³/mol. The normalized spacial score (nSPS) is 11.2. The smallest absolute Gasteiger partial charge is 0.274 e. The molecule has 9 heteroatoms. The van der Waals surface area contributed by atoms with E-state index < -0.39 is 12.3 Å². The Balaban J connectivity index is 1.45. The van der Waals surface area contributed by atoms with E-state index in [2.05, 4.69) is 25.5 Å². The van der Waals surface area contributed by atoms with Crippen LogP contribution in [0.15, 0.2) is 55.0 Å². The van der Waals surface area contributed by atoms with Crippen molar-refractivity contribution >= 4 is 17.4 Å². The van der Waals surface area contributed by atoms with Gasteiger partial charge < -0.3 is 5.32 Å². The van der Waals surface area contributed by atoms with E-state index in [-0.39, 0.29) is 11.3 Å². The highest BCUT2D eigenvalue weighted by Crippen LogP contribution is 2.22. The number of nitrogens with zero attached hydrogens (tertiary/aromatic N) is 5. The molecule has 4 rings (SSSR count). The minimum atomic E-state index is -2.62. The number of amides is 1. The first-order chi connectivity index (χ1) is 14.0. The van der Waals surface area contributed by atoms with Crippen LogP contribution in [0.2, 0.25) is 0 Å². The molecule has 1 aromatic carbocycles. The van der Waals surface area contributed by atoms with Crippen molar-refractivity contribution < 1.29 is 13.6 Å². The molecular formula is C20H16F2N6O. The number of alkyl halides is 2. The Morgan fingerprint density at radius 1 is 1.17 bits per heavy atom. The Labute approximate surface area is 164 Å². The zero-order valence-electron chi connectivity index (χ0n) is 15.4. The van der Waals surface area contributed by atoms with Crippen LogP contribution >= 0.6 is 0 Å². The van der Waals surface area contributed by atoms with Crippen LogP contribution < -0.4 is 5.32 Å². The second-order valence-corrected chi connectivity index (χ2v) is 6.46. The Kier molecular flexibility index (Phi) is 4.94. The molecule has 0 atom stereocenters. The van der Waals surface area contributed by atoms with E-state index in [9.17, 15) is 13.6 Å². The Morgan fingerprint density at radius 2 is 1.97 bits per heavy atom. The van der Waals surface area contributed by atoms with Gasteiger partial charge in [0, 0.05) is 36.3 Å². The number of aryl methyl sites for hydroxylation is 1. The zero-order chi connectivity index (χ0) is 20.4. The number of fused-ring (bicyclic) bond motifs is 1. The summed E-state index contributed by atoms with van der Waals surface area (Å²) in [6, 6.07) is 10.4. The lowest BCUT2D eigenvalue weighted by Gasteiger charge is -2.08. The molecule has 3 heterocycles. The molecule has 1 amide bonds. The maximum absolute atomic E-state index is 12.8. The number of aromatic nitrogens is 5. The number of carbonyl (C=O) groups is 1. The fraction of sp³-hybridized carbons (Fsp3) is 0.150. The third kappa shape index (κ3) is 3.93. The van der Waals surface area contributed by atoms with Crippen LogP contribution in [-0.2, 0) is 6.42 Å². The summed E-state index contributed by atoms with van der Waals surface area (Å²) in [4.78, 5) is 20.3. The van der Waals surface area contributed by atoms with Crippen molar-refractivity contribution in [1.82, 2.24) is 24.6 Å². The van der Waals surface area contributed by atoms with Crippen molar-refractivity contribution in [1.29, 1.82) is 0 Å². The molecule has 0 saturated heterocycles. The van der Waals surface area contributed by atoms with Gasteiger partial charge in [-0.1, -0.05) is 12.1 Å². The van der Waals surface area contributed by atoms with Gasteiger partial charge >= 0.3 is 0 Å². The van der Waals surface area contributed by atoms with Gasteiger partial charge in [-0.05, 0) is 42.3 Å². The predicted octanol–water partition coefficient (Wildman–Crippen LogP) is 3.61. The Morgan fingerprint density at radius 3 is 2.69 bits per heavy atom. The number of pyridine rings is 1. The fourth-order valence-corrected chi connectivity index (χ4v) is 2.91. The number of carbonyl (C=O) groups excluding carboxylic acids is 1. The number of hydrogen-bond donors (Lipinski definition) is 1. The maximum atomic E-state index is 12.8. The standard InChI is InChI=1S/C20H16F2N6O/c1-12-9-16(24-11-15(12)18(21)22)19(29)25-14-5-3-13(4-6-14)10-17-26-27-20-23-7-2-8-28(17)20/h2-9,11,18H,10H2,1H3,(H,25,29). The SMILES string of the molecule is Cc1cc(C(=O)Nc2ccc(Cc3nnc4ncccn34)cc2)ncc1C(F)F. The number of nitrogens with one attached hydrogen (secondary N) is 1. The quantitative estimate of drug-likeness (QED) is 0.559. The summed E-state index contributed by atoms with van der Waals surface area (Å²) >= 11 is 0. The summed E-state index contributed by atoms with van der Waals surface area (Å²) in [5.74, 6) is 0.826. The van der Waals surface area contributed by atoms with Gasteiger partial charge in [-0.25, -0.2) is 13.8 Å². The van der Waals surface area contributed by atoms with Gasteiger partial charge in [0.05, 0.1) is 0 Å². The van der Waals surface area contributed by atoms with Gasteiger partial charge in [0.2, 0.25) is 0 Å². The van der Waals surface area contributed by atoms with E-state index in [4.69, 9.17) is 0 Å². The van der Waals surface area contributed by atoms with Crippen molar-refractivity contribution in [3.63, 3.8) is 0 Å². The first kappa shape index (κ1) is 18.6. The molecular weight excluding hydrogens is 378 g/mol. The van der Waals surface area contributed by atoms with Gasteiger partial charge in [0.15, 0.2) is 0 Å². The lowest BCUT2D eigenvalue weighted by atomic mass is 10.1. The maximum Gasteiger partial charge on any atom is 0.274 e. The zero-order valence-corrected chi connectivity index (χ0v) is 15.4. The summed E-state index contributed by atoms with van der Waals surface area (Å²) in [6.07, 6.45) is 2.47. The number of rotatable bonds is 5. The van der Waals surface area contributed by atoms with E-state index in [0.717, 1.165) is 17.6 Å². The van der Waals surface area contributed by atoms with Crippen LogP contribution in [0.1, 0.15) is 39.4 Å². The summed E-state index contributed by atoms with van der Waals surface area (Å²) in [5, 5.41) is 10.9. The van der Waals surface area contributed by atoms with Crippen molar-refractivity contribution in [2.75, 3.05) is 5.32 Å². The highest BCUT2D eigenvalue weighted by molar-refractivity contribution is 6.02. The van der Waals surface area contributed by atoms with E-state index in [1.165, 1.54) is 13.0 Å². The molecule has 1 N–H and O–H groups in total. The third-order valence-electron chi connectivity index (χ3n) is 4.45. The van der Waals surface area contributed by atoms with Gasteiger partial charge in [0.1, 0.15) is 11.5 Å². The Bertz CT molecular complexity index is 1170. The molecule has 0 unspecified atom stereocenters. The Hall–Kier alpha value is -3.75. The minimum Gasteiger partial charge on any atom is -0.321 e. The van der Waals surface area contributed by atoms with Gasteiger partial charge in [-0.15, -0.1) is 10.2 Å². The molecule has 29 heavy (non-hydrogen) atoms. The highest BCUT2D eigenvalue weighted by Gasteiger charge is 2.15. The van der Waals surface area contributed by atoms with Crippen LogP contribution in [0.4, 0.5) is 14.5 Å². The van der Waals surface area contributed by atoms with Crippen molar-refractivity contribution in [3.05, 3.63) is 83.2 Å². The van der Waals surface area contributed by atoms with Crippen LogP contribution in [0.5, 0.6) is 0 Å². The van der Waals surface area contributed by atoms with Gasteiger partial charge in [-0.2, -0.15) is 0 Å². The highest BCUT2D eigenvalue weighted by atomic mass is 19.3. The molecule has 0 aliphatic heterocycles. The largest absolute Gasteiger partial charge is 0.321 e. The molecule has 0 bridgehead atoms. The van der Waals surface area contributed by atoms with E-state index in [0.29, 0.717) is 23.4 Å². The van der Waals surface area contributed by atoms with Crippen LogP contribution in [0.25, 0.3) is 5.78 Å². The average Bonchev–Trinajstić information content (AvgIpc) is 3.12. The fourth-order valence-electron chi connectivity index (χ4n) is 2.91. The monoisotopic (exact) mass is 394 g/mol. The van der Waals surface area contributed by atoms with Crippen LogP contribution in [-0.4, -0.2) is 30.5 Å². The first-order valence-electron chi connectivity index (χ1n) is 8.81. The first-order valence-corrected chi connectivity index (χ1v) is 8.81. The molecule has 3 aromatic heterocycles. The molecule has 0 fully saturated rings. The van der Waals surface area contributed by atoms with Gasteiger partial charge in [0.25, 0.3) is 18.1 Å². The molecule has 4 aromatic rings. The molecule has 7 nitrogen and oxygen atoms in total. The van der Waals surface area contributed by atoms with E-state index >= 15 is 0 Å². The van der Waals surface area contributed by atoms with Gasteiger partial charge in [-0.3, -0.25) is 14.2 Å². The number of hydrogen-bond acceptors (Lipinski definition) is 5. The molecule has 146 valence electrons. The second-order valence-electron chi connectivity index (χ2n) is 6.46. The lowest BCUT2D eigenvalue weighted by molar-refractivity contribution is 0.102.